The van der Waals surface area contributed by atoms with Crippen molar-refractivity contribution in [3.63, 3.8) is 0 Å². The molecule has 3 saturated carbocycles. The summed E-state index contributed by atoms with van der Waals surface area (Å²) in [5, 5.41) is 20.3. The highest BCUT2D eigenvalue weighted by Crippen LogP contribution is 2.67. The van der Waals surface area contributed by atoms with Crippen molar-refractivity contribution in [1.82, 2.24) is 0 Å². The van der Waals surface area contributed by atoms with Crippen molar-refractivity contribution in [1.29, 1.82) is 0 Å². The van der Waals surface area contributed by atoms with Crippen LogP contribution in [0, 0.1) is 40.4 Å². The molecule has 4 rings (SSSR count). The molecule has 3 fully saturated rings. The number of aliphatic hydroxyl groups is 2. The fraction of sp³-hybridized carbons (Fsp3) is 0.926. The first-order valence-electron chi connectivity index (χ1n) is 14.0. The first-order valence-corrected chi connectivity index (χ1v) is 16.7. The van der Waals surface area contributed by atoms with Crippen molar-refractivity contribution in [2.24, 2.45) is 40.4 Å². The third kappa shape index (κ3) is 7.59. The molecule has 4 aliphatic carbocycles. The van der Waals surface area contributed by atoms with Gasteiger partial charge >= 0.3 is 20.8 Å². The van der Waals surface area contributed by atoms with Gasteiger partial charge in [-0.2, -0.15) is 16.8 Å². The van der Waals surface area contributed by atoms with Crippen molar-refractivity contribution >= 4 is 20.8 Å². The largest absolute Gasteiger partial charge is 0.413 e. The molecule has 0 amide bonds. The Morgan fingerprint density at radius 3 is 2.21 bits per heavy atom. The van der Waals surface area contributed by atoms with Crippen LogP contribution in [0.4, 0.5) is 0 Å². The van der Waals surface area contributed by atoms with Gasteiger partial charge in [0.2, 0.25) is 0 Å². The molecule has 0 saturated heterocycles. The van der Waals surface area contributed by atoms with Crippen LogP contribution < -0.4 is 0 Å². The fourth-order valence-corrected chi connectivity index (χ4v) is 9.65. The van der Waals surface area contributed by atoms with Crippen LogP contribution in [0.15, 0.2) is 11.6 Å². The maximum absolute atomic E-state index is 10.2. The molecule has 0 aromatic heterocycles. The highest BCUT2D eigenvalue weighted by Gasteiger charge is 2.59. The van der Waals surface area contributed by atoms with Gasteiger partial charge in [0, 0.05) is 0 Å². The van der Waals surface area contributed by atoms with E-state index in [4.69, 9.17) is 9.11 Å². The average Bonchev–Trinajstić information content (AvgIpc) is 3.08. The monoisotopic (exact) mass is 580 g/mol. The summed E-state index contributed by atoms with van der Waals surface area (Å²) >= 11 is 0. The van der Waals surface area contributed by atoms with E-state index in [0.717, 1.165) is 55.3 Å². The summed E-state index contributed by atoms with van der Waals surface area (Å²) in [7, 11) is -10.2. The minimum absolute atomic E-state index is 0.0969. The lowest BCUT2D eigenvalue weighted by atomic mass is 9.47. The van der Waals surface area contributed by atoms with Crippen molar-refractivity contribution in [2.45, 2.75) is 117 Å². The van der Waals surface area contributed by atoms with Crippen LogP contribution in [-0.2, 0) is 24.4 Å². The molecular formula is C27H48O9S2. The van der Waals surface area contributed by atoms with E-state index in [1.54, 1.807) is 5.57 Å². The molecule has 222 valence electrons. The van der Waals surface area contributed by atoms with Crippen molar-refractivity contribution in [3.8, 4) is 0 Å². The van der Waals surface area contributed by atoms with E-state index in [9.17, 15) is 27.0 Å². The summed E-state index contributed by atoms with van der Waals surface area (Å²) in [6.07, 6.45) is 15.9. The van der Waals surface area contributed by atoms with Crippen LogP contribution >= 0.6 is 0 Å². The summed E-state index contributed by atoms with van der Waals surface area (Å²) < 4.78 is 55.6. The molecule has 0 heterocycles. The van der Waals surface area contributed by atoms with Crippen molar-refractivity contribution in [2.75, 3.05) is 0 Å². The van der Waals surface area contributed by atoms with E-state index in [0.29, 0.717) is 10.8 Å². The Balaban J connectivity index is 0.000000383. The fourth-order valence-electron chi connectivity index (χ4n) is 8.78. The first kappa shape index (κ1) is 32.0. The summed E-state index contributed by atoms with van der Waals surface area (Å²) in [5.41, 5.74) is 1.95. The third-order valence-corrected chi connectivity index (χ3v) is 11.8. The molecule has 0 aromatic rings. The van der Waals surface area contributed by atoms with Gasteiger partial charge in [0.1, 0.15) is 0 Å². The molecular weight excluding hydrogens is 532 g/mol. The summed E-state index contributed by atoms with van der Waals surface area (Å²) in [5.74, 6) is 4.24. The van der Waals surface area contributed by atoms with Gasteiger partial charge in [0.15, 0.2) is 0 Å². The second-order valence-corrected chi connectivity index (χ2v) is 15.7. The standard InChI is InChI=1S/C27H46O2.H2O7S2/c1-18(7-6-14-25(2,3)29)22-10-11-23-21-9-8-19-17-20(28)12-15-26(19,4)24(21)13-16-27(22,23)5;1-8(2,3)7-9(4,5)6/h8,18,20-24,28-29H,6-7,9-17H2,1-5H3;(H,1,2,3)(H,4,5,6)/t18-,20?,21+,22-,23+,24+,26+,27-;/m1./s1. The number of rotatable bonds is 7. The Hall–Kier alpha value is -0.560. The molecule has 0 spiro atoms. The average molecular weight is 581 g/mol. The van der Waals surface area contributed by atoms with Crippen LogP contribution in [0.2, 0.25) is 0 Å². The van der Waals surface area contributed by atoms with E-state index in [1.165, 1.54) is 44.9 Å². The maximum Gasteiger partial charge on any atom is 0.413 e. The Morgan fingerprint density at radius 1 is 1.03 bits per heavy atom. The topological polar surface area (TPSA) is 158 Å². The minimum Gasteiger partial charge on any atom is -0.393 e. The van der Waals surface area contributed by atoms with Crippen LogP contribution in [0.3, 0.4) is 0 Å². The van der Waals surface area contributed by atoms with E-state index in [2.05, 4.69) is 30.5 Å². The lowest BCUT2D eigenvalue weighted by Crippen LogP contribution is -2.50. The minimum atomic E-state index is -5.12. The van der Waals surface area contributed by atoms with Crippen molar-refractivity contribution < 1.29 is 39.8 Å². The Labute approximate surface area is 229 Å². The molecule has 1 unspecified atom stereocenters. The Bertz CT molecular complexity index is 1050. The van der Waals surface area contributed by atoms with E-state index in [1.807, 2.05) is 13.8 Å². The van der Waals surface area contributed by atoms with Crippen molar-refractivity contribution in [3.05, 3.63) is 11.6 Å². The van der Waals surface area contributed by atoms with E-state index >= 15 is 0 Å². The quantitative estimate of drug-likeness (QED) is 0.237. The third-order valence-electron chi connectivity index (χ3n) is 10.5. The number of hydrogen-bond acceptors (Lipinski definition) is 7. The zero-order valence-corrected chi connectivity index (χ0v) is 25.1. The zero-order valence-electron chi connectivity index (χ0n) is 23.5. The normalized spacial score (nSPS) is 38.1. The van der Waals surface area contributed by atoms with Crippen LogP contribution in [-0.4, -0.2) is 47.9 Å². The maximum atomic E-state index is 10.2. The van der Waals surface area contributed by atoms with Gasteiger partial charge in [-0.15, -0.1) is 3.63 Å². The molecule has 9 nitrogen and oxygen atoms in total. The summed E-state index contributed by atoms with van der Waals surface area (Å²) in [4.78, 5) is 0. The Morgan fingerprint density at radius 2 is 1.66 bits per heavy atom. The van der Waals surface area contributed by atoms with Gasteiger partial charge in [-0.05, 0) is 112 Å². The molecule has 38 heavy (non-hydrogen) atoms. The first-order chi connectivity index (χ1) is 17.3. The molecule has 0 radical (unpaired) electrons. The molecule has 8 atom stereocenters. The molecule has 4 N–H and O–H groups in total. The predicted octanol–water partition coefficient (Wildman–Crippen LogP) is 5.11. The summed E-state index contributed by atoms with van der Waals surface area (Å²) in [6.45, 7) is 11.6. The molecule has 11 heteroatoms. The second-order valence-electron chi connectivity index (χ2n) is 13.5. The highest BCUT2D eigenvalue weighted by atomic mass is 32.3. The zero-order chi connectivity index (χ0) is 28.7. The smallest absolute Gasteiger partial charge is 0.393 e. The van der Waals surface area contributed by atoms with Crippen LogP contribution in [0.1, 0.15) is 105 Å². The van der Waals surface area contributed by atoms with E-state index in [-0.39, 0.29) is 6.10 Å². The number of fused-ring (bicyclic) bond motifs is 5. The lowest BCUT2D eigenvalue weighted by molar-refractivity contribution is -0.0575. The molecule has 0 aromatic carbocycles. The van der Waals surface area contributed by atoms with Gasteiger partial charge in [-0.3, -0.25) is 9.11 Å². The van der Waals surface area contributed by atoms with Gasteiger partial charge < -0.3 is 10.2 Å². The molecule has 0 bridgehead atoms. The number of allylic oxidation sites excluding steroid dienone is 1. The molecule has 4 aliphatic rings. The number of hydrogen-bond donors (Lipinski definition) is 4. The van der Waals surface area contributed by atoms with Crippen LogP contribution in [0.5, 0.6) is 0 Å². The Kier molecular flexibility index (Phi) is 9.56. The van der Waals surface area contributed by atoms with Gasteiger partial charge in [0.05, 0.1) is 11.7 Å². The van der Waals surface area contributed by atoms with Gasteiger partial charge in [-0.1, -0.05) is 45.3 Å². The summed E-state index contributed by atoms with van der Waals surface area (Å²) in [6, 6.07) is 0. The predicted molar refractivity (Wildman–Crippen MR) is 145 cm³/mol. The van der Waals surface area contributed by atoms with Gasteiger partial charge in [0.25, 0.3) is 0 Å². The second kappa shape index (κ2) is 11.4. The van der Waals surface area contributed by atoms with E-state index < -0.39 is 26.4 Å². The molecule has 0 aliphatic heterocycles. The SMILES string of the molecule is C[C@H](CCCC(C)(C)O)[C@H]1CC[C@H]2[C@@H]3CC=C4CC(O)CC[C@]4(C)[C@H]3CC[C@]12C.O=S(=O)(O)OS(=O)(=O)O. The highest BCUT2D eigenvalue weighted by molar-refractivity contribution is 7.94. The van der Waals surface area contributed by atoms with Crippen LogP contribution in [0.25, 0.3) is 0 Å². The van der Waals surface area contributed by atoms with Gasteiger partial charge in [-0.25, -0.2) is 0 Å². The lowest BCUT2D eigenvalue weighted by Gasteiger charge is -2.58. The number of aliphatic hydroxyl groups excluding tert-OH is 1.